The Morgan fingerprint density at radius 1 is 1.58 bits per heavy atom. The molecular weight excluding hydrogens is 248 g/mol. The van der Waals surface area contributed by atoms with Crippen LogP contribution in [0, 0.1) is 0 Å². The summed E-state index contributed by atoms with van der Waals surface area (Å²) in [4.78, 5) is 13.9. The van der Waals surface area contributed by atoms with Crippen LogP contribution >= 0.6 is 0 Å². The van der Waals surface area contributed by atoms with Crippen LogP contribution in [0.15, 0.2) is 28.0 Å². The number of carbonyl (C=O) groups is 1. The second-order valence-electron chi connectivity index (χ2n) is 4.59. The minimum atomic E-state index is -0.181. The smallest absolute Gasteiger partial charge is 0.287 e. The fraction of sp³-hybridized carbons (Fsp3) is 0.500. The van der Waals surface area contributed by atoms with Gasteiger partial charge in [-0.05, 0) is 25.0 Å². The summed E-state index contributed by atoms with van der Waals surface area (Å²) < 4.78 is 5.04. The van der Waals surface area contributed by atoms with Gasteiger partial charge in [0.25, 0.3) is 5.91 Å². The number of likely N-dealkylation sites (tertiary alicyclic amines) is 1. The van der Waals surface area contributed by atoms with Crippen molar-refractivity contribution in [2.45, 2.75) is 18.9 Å². The number of amides is 1. The van der Waals surface area contributed by atoms with Gasteiger partial charge >= 0.3 is 0 Å². The van der Waals surface area contributed by atoms with Crippen molar-refractivity contribution in [3.05, 3.63) is 24.2 Å². The van der Waals surface area contributed by atoms with Gasteiger partial charge in [0.2, 0.25) is 0 Å². The van der Waals surface area contributed by atoms with Gasteiger partial charge in [-0.2, -0.15) is 0 Å². The maximum absolute atomic E-state index is 11.8. The molecule has 0 spiro atoms. The predicted octanol–water partition coefficient (Wildman–Crippen LogP) is 0.220. The molecule has 0 aromatic carbocycles. The minimum absolute atomic E-state index is 0.140. The Bertz CT molecular complexity index is 436. The van der Waals surface area contributed by atoms with E-state index in [0.717, 1.165) is 25.9 Å². The quantitative estimate of drug-likeness (QED) is 0.313. The fourth-order valence-corrected chi connectivity index (χ4v) is 2.16. The lowest BCUT2D eigenvalue weighted by Crippen LogP contribution is -2.46. The predicted molar refractivity (Wildman–Crippen MR) is 69.0 cm³/mol. The molecule has 1 aliphatic heterocycles. The molecule has 7 nitrogen and oxygen atoms in total. The van der Waals surface area contributed by atoms with Gasteiger partial charge in [0, 0.05) is 19.1 Å². The Hall–Kier alpha value is -2.02. The summed E-state index contributed by atoms with van der Waals surface area (Å²) in [6, 6.07) is 3.47. The molecule has 0 saturated carbocycles. The molecular formula is C12H18N4O3. The van der Waals surface area contributed by atoms with Crippen LogP contribution in [-0.2, 0) is 0 Å². The van der Waals surface area contributed by atoms with Gasteiger partial charge in [-0.3, -0.25) is 9.69 Å². The zero-order valence-corrected chi connectivity index (χ0v) is 10.6. The van der Waals surface area contributed by atoms with Crippen LogP contribution in [-0.4, -0.2) is 47.5 Å². The van der Waals surface area contributed by atoms with E-state index in [1.54, 1.807) is 12.1 Å². The third-order valence-electron chi connectivity index (χ3n) is 3.18. The second-order valence-corrected chi connectivity index (χ2v) is 4.59. The van der Waals surface area contributed by atoms with Crippen LogP contribution in [0.3, 0.4) is 0 Å². The number of hydrogen-bond acceptors (Lipinski definition) is 5. The van der Waals surface area contributed by atoms with Crippen molar-refractivity contribution in [2.24, 2.45) is 10.9 Å². The first-order valence-electron chi connectivity index (χ1n) is 6.22. The zero-order valence-electron chi connectivity index (χ0n) is 10.6. The molecule has 1 aliphatic rings. The molecule has 2 rings (SSSR count). The minimum Gasteiger partial charge on any atom is -0.459 e. The third-order valence-corrected chi connectivity index (χ3v) is 3.18. The van der Waals surface area contributed by atoms with Crippen LogP contribution in [0.2, 0.25) is 0 Å². The average Bonchev–Trinajstić information content (AvgIpc) is 2.95. The van der Waals surface area contributed by atoms with Gasteiger partial charge in [0.05, 0.1) is 12.8 Å². The van der Waals surface area contributed by atoms with Crippen molar-refractivity contribution in [3.63, 3.8) is 0 Å². The molecule has 104 valence electrons. The summed E-state index contributed by atoms with van der Waals surface area (Å²) in [5.41, 5.74) is 5.46. The van der Waals surface area contributed by atoms with Crippen molar-refractivity contribution in [3.8, 4) is 0 Å². The highest BCUT2D eigenvalue weighted by Crippen LogP contribution is 2.11. The molecule has 0 radical (unpaired) electrons. The van der Waals surface area contributed by atoms with Crippen LogP contribution < -0.4 is 11.1 Å². The van der Waals surface area contributed by atoms with Crippen molar-refractivity contribution in [1.82, 2.24) is 10.2 Å². The number of carbonyl (C=O) groups excluding carboxylic acids is 1. The van der Waals surface area contributed by atoms with Crippen LogP contribution in [0.1, 0.15) is 23.4 Å². The van der Waals surface area contributed by atoms with Gasteiger partial charge in [-0.15, -0.1) is 0 Å². The number of nitrogens with one attached hydrogen (secondary N) is 1. The number of furan rings is 1. The molecule has 1 saturated heterocycles. The van der Waals surface area contributed by atoms with Crippen LogP contribution in [0.4, 0.5) is 0 Å². The molecule has 19 heavy (non-hydrogen) atoms. The Morgan fingerprint density at radius 2 is 2.32 bits per heavy atom. The first kappa shape index (κ1) is 13.4. The Labute approximate surface area is 111 Å². The van der Waals surface area contributed by atoms with Gasteiger partial charge in [-0.25, -0.2) is 0 Å². The van der Waals surface area contributed by atoms with Gasteiger partial charge in [0.1, 0.15) is 0 Å². The largest absolute Gasteiger partial charge is 0.459 e. The fourth-order valence-electron chi connectivity index (χ4n) is 2.16. The van der Waals surface area contributed by atoms with E-state index in [4.69, 9.17) is 15.4 Å². The summed E-state index contributed by atoms with van der Waals surface area (Å²) >= 11 is 0. The lowest BCUT2D eigenvalue weighted by molar-refractivity contribution is 0.0886. The summed E-state index contributed by atoms with van der Waals surface area (Å²) in [5, 5.41) is 14.4. The Balaban J connectivity index is 1.76. The first-order valence-corrected chi connectivity index (χ1v) is 6.22. The van der Waals surface area contributed by atoms with Crippen molar-refractivity contribution >= 4 is 11.7 Å². The highest BCUT2D eigenvalue weighted by Gasteiger charge is 2.22. The van der Waals surface area contributed by atoms with Gasteiger partial charge in [-0.1, -0.05) is 5.16 Å². The molecule has 4 N–H and O–H groups in total. The molecule has 0 atom stereocenters. The number of nitrogens with two attached hydrogens (primary N) is 1. The zero-order chi connectivity index (χ0) is 13.7. The number of hydrogen-bond donors (Lipinski definition) is 3. The summed E-state index contributed by atoms with van der Waals surface area (Å²) in [5.74, 6) is 0.358. The maximum atomic E-state index is 11.8. The van der Waals surface area contributed by atoms with E-state index in [0.29, 0.717) is 12.3 Å². The van der Waals surface area contributed by atoms with Crippen LogP contribution in [0.25, 0.3) is 0 Å². The SMILES string of the molecule is NC(CN1CCC(NC(=O)c2ccco2)CC1)=NO. The Kier molecular flexibility index (Phi) is 4.40. The van der Waals surface area contributed by atoms with Crippen molar-refractivity contribution < 1.29 is 14.4 Å². The normalized spacial score (nSPS) is 18.4. The number of amidine groups is 1. The number of oxime groups is 1. The van der Waals surface area contributed by atoms with E-state index in [9.17, 15) is 4.79 Å². The van der Waals surface area contributed by atoms with Crippen molar-refractivity contribution in [1.29, 1.82) is 0 Å². The molecule has 0 unspecified atom stereocenters. The molecule has 2 heterocycles. The Morgan fingerprint density at radius 3 is 2.89 bits per heavy atom. The lowest BCUT2D eigenvalue weighted by Gasteiger charge is -2.31. The molecule has 1 aromatic heterocycles. The van der Waals surface area contributed by atoms with Gasteiger partial charge in [0.15, 0.2) is 11.6 Å². The molecule has 1 fully saturated rings. The summed E-state index contributed by atoms with van der Waals surface area (Å²) in [6.45, 7) is 2.06. The molecule has 0 aliphatic carbocycles. The number of piperidine rings is 1. The maximum Gasteiger partial charge on any atom is 0.287 e. The molecule has 7 heteroatoms. The average molecular weight is 266 g/mol. The van der Waals surface area contributed by atoms with E-state index in [1.165, 1.54) is 6.26 Å². The van der Waals surface area contributed by atoms with E-state index in [-0.39, 0.29) is 17.8 Å². The lowest BCUT2D eigenvalue weighted by atomic mass is 10.0. The topological polar surface area (TPSA) is 104 Å². The first-order chi connectivity index (χ1) is 9.19. The number of nitrogens with zero attached hydrogens (tertiary/aromatic N) is 2. The standard InChI is InChI=1S/C12H18N4O3/c13-11(15-18)8-16-5-3-9(4-6-16)14-12(17)10-2-1-7-19-10/h1-2,7,9,18H,3-6,8H2,(H2,13,15)(H,14,17). The van der Waals surface area contributed by atoms with E-state index in [2.05, 4.69) is 15.4 Å². The van der Waals surface area contributed by atoms with Gasteiger partial charge < -0.3 is 20.7 Å². The highest BCUT2D eigenvalue weighted by molar-refractivity contribution is 5.91. The highest BCUT2D eigenvalue weighted by atomic mass is 16.4. The summed E-state index contributed by atoms with van der Waals surface area (Å²) in [6.07, 6.45) is 3.16. The summed E-state index contributed by atoms with van der Waals surface area (Å²) in [7, 11) is 0. The van der Waals surface area contributed by atoms with E-state index in [1.807, 2.05) is 0 Å². The molecule has 1 amide bonds. The monoisotopic (exact) mass is 266 g/mol. The van der Waals surface area contributed by atoms with Crippen LogP contribution in [0.5, 0.6) is 0 Å². The van der Waals surface area contributed by atoms with E-state index >= 15 is 0 Å². The van der Waals surface area contributed by atoms with Crippen molar-refractivity contribution in [2.75, 3.05) is 19.6 Å². The molecule has 0 bridgehead atoms. The van der Waals surface area contributed by atoms with E-state index < -0.39 is 0 Å². The third kappa shape index (κ3) is 3.72. The number of rotatable bonds is 4. The molecule has 1 aromatic rings. The second kappa shape index (κ2) is 6.24.